The first-order valence-electron chi connectivity index (χ1n) is 7.35. The lowest BCUT2D eigenvalue weighted by Crippen LogP contribution is -2.07. The molecule has 0 N–H and O–H groups in total. The molecule has 8 heteroatoms. The maximum Gasteiger partial charge on any atom is 0.209 e. The summed E-state index contributed by atoms with van der Waals surface area (Å²) >= 11 is 3.07. The summed E-state index contributed by atoms with van der Waals surface area (Å²) in [6.45, 7) is 0.701. The van der Waals surface area contributed by atoms with Crippen molar-refractivity contribution in [2.24, 2.45) is 0 Å². The zero-order chi connectivity index (χ0) is 16.8. The Balaban J connectivity index is 1.56. The van der Waals surface area contributed by atoms with Gasteiger partial charge < -0.3 is 4.74 Å². The summed E-state index contributed by atoms with van der Waals surface area (Å²) < 4.78 is 6.84. The van der Waals surface area contributed by atoms with Crippen LogP contribution in [0.15, 0.2) is 46.9 Å². The molecule has 24 heavy (non-hydrogen) atoms. The number of thioether (sulfide) groups is 1. The molecule has 0 aliphatic rings. The number of benzene rings is 1. The van der Waals surface area contributed by atoms with Gasteiger partial charge in [-0.2, -0.15) is 0 Å². The third-order valence-electron chi connectivity index (χ3n) is 3.39. The minimum Gasteiger partial charge on any atom is -0.497 e. The van der Waals surface area contributed by atoms with Crippen molar-refractivity contribution in [1.82, 2.24) is 20.2 Å². The highest BCUT2D eigenvalue weighted by Gasteiger charge is 2.12. The Labute approximate surface area is 147 Å². The summed E-state index contributed by atoms with van der Waals surface area (Å²) in [6.07, 6.45) is 0.878. The molecule has 3 aromatic rings. The lowest BCUT2D eigenvalue weighted by Gasteiger charge is -2.04. The van der Waals surface area contributed by atoms with Crippen LogP contribution in [-0.4, -0.2) is 38.9 Å². The van der Waals surface area contributed by atoms with Crippen molar-refractivity contribution < 1.29 is 9.53 Å². The number of nitrogens with zero attached hydrogens (tertiary/aromatic N) is 4. The van der Waals surface area contributed by atoms with Crippen LogP contribution in [0.1, 0.15) is 15.2 Å². The highest BCUT2D eigenvalue weighted by Crippen LogP contribution is 2.18. The molecule has 1 aromatic carbocycles. The molecule has 0 saturated carbocycles. The van der Waals surface area contributed by atoms with E-state index in [2.05, 4.69) is 27.0 Å². The van der Waals surface area contributed by atoms with Crippen LogP contribution in [0.4, 0.5) is 0 Å². The monoisotopic (exact) mass is 360 g/mol. The van der Waals surface area contributed by atoms with Gasteiger partial charge in [-0.25, -0.2) is 4.68 Å². The molecule has 2 heterocycles. The first kappa shape index (κ1) is 16.7. The van der Waals surface area contributed by atoms with E-state index in [-0.39, 0.29) is 5.78 Å². The fourth-order valence-electron chi connectivity index (χ4n) is 2.10. The Kier molecular flexibility index (Phi) is 5.60. The van der Waals surface area contributed by atoms with Gasteiger partial charge in [-0.15, -0.1) is 16.4 Å². The number of Topliss-reactive ketones (excluding diaryl/α,β-unsaturated/α-hetero) is 1. The van der Waals surface area contributed by atoms with E-state index in [0.29, 0.717) is 23.0 Å². The molecule has 0 fully saturated rings. The Morgan fingerprint density at radius 2 is 2.12 bits per heavy atom. The van der Waals surface area contributed by atoms with Gasteiger partial charge in [0, 0.05) is 16.9 Å². The smallest absolute Gasteiger partial charge is 0.209 e. The number of rotatable bonds is 8. The zero-order valence-corrected chi connectivity index (χ0v) is 14.7. The number of aromatic nitrogens is 4. The molecule has 0 unspecified atom stereocenters. The van der Waals surface area contributed by atoms with Gasteiger partial charge in [-0.3, -0.25) is 4.79 Å². The molecule has 0 atom stereocenters. The van der Waals surface area contributed by atoms with Crippen LogP contribution < -0.4 is 4.74 Å². The molecule has 0 saturated heterocycles. The number of ketones is 1. The zero-order valence-electron chi connectivity index (χ0n) is 13.1. The molecule has 2 aromatic heterocycles. The largest absolute Gasteiger partial charge is 0.497 e. The van der Waals surface area contributed by atoms with Crippen molar-refractivity contribution in [3.8, 4) is 5.75 Å². The number of methoxy groups -OCH3 is 1. The fourth-order valence-corrected chi connectivity index (χ4v) is 3.60. The van der Waals surface area contributed by atoms with Crippen molar-refractivity contribution in [2.75, 3.05) is 12.9 Å². The molecule has 0 bridgehead atoms. The summed E-state index contributed by atoms with van der Waals surface area (Å²) in [5, 5.41) is 14.4. The summed E-state index contributed by atoms with van der Waals surface area (Å²) in [5.74, 6) is 1.07. The summed E-state index contributed by atoms with van der Waals surface area (Å²) in [6, 6.07) is 11.2. The Morgan fingerprint density at radius 1 is 1.29 bits per heavy atom. The fraction of sp³-hybridized carbons (Fsp3) is 0.250. The average molecular weight is 360 g/mol. The number of hydrogen-bond donors (Lipinski definition) is 0. The van der Waals surface area contributed by atoms with Gasteiger partial charge in [0.05, 0.1) is 19.4 Å². The summed E-state index contributed by atoms with van der Waals surface area (Å²) in [7, 11) is 1.60. The molecule has 3 rings (SSSR count). The summed E-state index contributed by atoms with van der Waals surface area (Å²) in [4.78, 5) is 13.5. The second-order valence-electron chi connectivity index (χ2n) is 4.95. The van der Waals surface area contributed by atoms with Crippen molar-refractivity contribution in [2.45, 2.75) is 18.1 Å². The Bertz CT molecular complexity index is 785. The molecule has 0 spiro atoms. The maximum absolute atomic E-state index is 12.3. The quantitative estimate of drug-likeness (QED) is 0.454. The predicted molar refractivity (Wildman–Crippen MR) is 93.9 cm³/mol. The van der Waals surface area contributed by atoms with Crippen LogP contribution >= 0.6 is 23.1 Å². The van der Waals surface area contributed by atoms with E-state index in [1.807, 2.05) is 6.07 Å². The number of ether oxygens (including phenoxy) is 1. The molecule has 0 radical (unpaired) electrons. The van der Waals surface area contributed by atoms with Gasteiger partial charge >= 0.3 is 0 Å². The number of aryl methyl sites for hydroxylation is 2. The minimum atomic E-state index is 0.0375. The molecular weight excluding hydrogens is 344 g/mol. The standard InChI is InChI=1S/C16H16N4O2S2/c1-22-13-6-4-12(5-7-13)15(21)11-24-16-17-18-19-20(16)9-8-14-3-2-10-23-14/h2-7,10H,8-9,11H2,1H3. The second-order valence-corrected chi connectivity index (χ2v) is 6.93. The van der Waals surface area contributed by atoms with Crippen molar-refractivity contribution in [3.05, 3.63) is 52.2 Å². The van der Waals surface area contributed by atoms with Gasteiger partial charge in [-0.1, -0.05) is 17.8 Å². The molecule has 6 nitrogen and oxygen atoms in total. The van der Waals surface area contributed by atoms with Crippen LogP contribution in [0.5, 0.6) is 5.75 Å². The first-order chi connectivity index (χ1) is 11.8. The highest BCUT2D eigenvalue weighted by atomic mass is 32.2. The van der Waals surface area contributed by atoms with E-state index in [1.54, 1.807) is 47.4 Å². The lowest BCUT2D eigenvalue weighted by molar-refractivity contribution is 0.102. The number of hydrogen-bond acceptors (Lipinski definition) is 7. The SMILES string of the molecule is COc1ccc(C(=O)CSc2nnnn2CCc2cccs2)cc1. The van der Waals surface area contributed by atoms with Crippen LogP contribution in [0, 0.1) is 0 Å². The van der Waals surface area contributed by atoms with Gasteiger partial charge in [0.2, 0.25) is 5.16 Å². The average Bonchev–Trinajstić information content (AvgIpc) is 3.29. The molecule has 0 amide bonds. The number of thiophene rings is 1. The molecule has 0 aliphatic heterocycles. The molecular formula is C16H16N4O2S2. The van der Waals surface area contributed by atoms with Gasteiger partial charge in [0.15, 0.2) is 5.78 Å². The van der Waals surface area contributed by atoms with Crippen LogP contribution in [0.25, 0.3) is 0 Å². The van der Waals surface area contributed by atoms with E-state index in [1.165, 1.54) is 16.6 Å². The van der Waals surface area contributed by atoms with E-state index in [9.17, 15) is 4.79 Å². The highest BCUT2D eigenvalue weighted by molar-refractivity contribution is 7.99. The van der Waals surface area contributed by atoms with E-state index >= 15 is 0 Å². The number of carbonyl (C=O) groups is 1. The molecule has 0 aliphatic carbocycles. The number of tetrazole rings is 1. The third kappa shape index (κ3) is 4.21. The van der Waals surface area contributed by atoms with E-state index in [0.717, 1.165) is 12.2 Å². The van der Waals surface area contributed by atoms with Crippen LogP contribution in [0.3, 0.4) is 0 Å². The van der Waals surface area contributed by atoms with Crippen molar-refractivity contribution >= 4 is 28.9 Å². The van der Waals surface area contributed by atoms with Crippen molar-refractivity contribution in [1.29, 1.82) is 0 Å². The third-order valence-corrected chi connectivity index (χ3v) is 5.29. The van der Waals surface area contributed by atoms with Crippen LogP contribution in [0.2, 0.25) is 0 Å². The predicted octanol–water partition coefficient (Wildman–Crippen LogP) is 2.96. The summed E-state index contributed by atoms with van der Waals surface area (Å²) in [5.41, 5.74) is 0.654. The lowest BCUT2D eigenvalue weighted by atomic mass is 10.1. The minimum absolute atomic E-state index is 0.0375. The van der Waals surface area contributed by atoms with Gasteiger partial charge in [0.25, 0.3) is 0 Å². The van der Waals surface area contributed by atoms with Gasteiger partial charge in [0.1, 0.15) is 5.75 Å². The normalized spacial score (nSPS) is 10.7. The van der Waals surface area contributed by atoms with E-state index in [4.69, 9.17) is 4.74 Å². The van der Waals surface area contributed by atoms with E-state index < -0.39 is 0 Å². The first-order valence-corrected chi connectivity index (χ1v) is 9.21. The Morgan fingerprint density at radius 3 is 2.83 bits per heavy atom. The van der Waals surface area contributed by atoms with Crippen molar-refractivity contribution in [3.63, 3.8) is 0 Å². The topological polar surface area (TPSA) is 69.9 Å². The second kappa shape index (κ2) is 8.07. The number of carbonyl (C=O) groups excluding carboxylic acids is 1. The van der Waals surface area contributed by atoms with Crippen LogP contribution in [-0.2, 0) is 13.0 Å². The molecule has 124 valence electrons. The van der Waals surface area contributed by atoms with Gasteiger partial charge in [-0.05, 0) is 46.1 Å². The maximum atomic E-state index is 12.3. The Hall–Kier alpha value is -2.19.